The summed E-state index contributed by atoms with van der Waals surface area (Å²) in [5.41, 5.74) is -0.622. The minimum Gasteiger partial charge on any atom is -0.458 e. The third-order valence-corrected chi connectivity index (χ3v) is 6.65. The quantitative estimate of drug-likeness (QED) is 0.734. The average molecular weight is 399 g/mol. The number of ether oxygens (including phenoxy) is 1. The second kappa shape index (κ2) is 6.63. The molecule has 2 saturated heterocycles. The number of thiophene rings is 1. The van der Waals surface area contributed by atoms with Gasteiger partial charge in [-0.1, -0.05) is 0 Å². The summed E-state index contributed by atoms with van der Waals surface area (Å²) in [7, 11) is 3.37. The van der Waals surface area contributed by atoms with Crippen LogP contribution in [-0.2, 0) is 18.0 Å². The van der Waals surface area contributed by atoms with Crippen LogP contribution in [0.5, 0.6) is 0 Å². The number of alkyl halides is 3. The van der Waals surface area contributed by atoms with Crippen LogP contribution in [0.15, 0.2) is 18.2 Å². The van der Waals surface area contributed by atoms with Crippen molar-refractivity contribution in [2.24, 2.45) is 7.05 Å². The number of aryl methyl sites for hydroxylation is 1. The van der Waals surface area contributed by atoms with Crippen LogP contribution >= 0.6 is 11.3 Å². The molecule has 2 aromatic heterocycles. The molecule has 5 nitrogen and oxygen atoms in total. The van der Waals surface area contributed by atoms with E-state index in [0.29, 0.717) is 21.8 Å². The molecular weight excluding hydrogens is 379 g/mol. The maximum Gasteiger partial charge on any atom is 0.433 e. The maximum absolute atomic E-state index is 12.9. The van der Waals surface area contributed by atoms with Gasteiger partial charge in [-0.3, -0.25) is 4.68 Å². The molecule has 0 N–H and O–H groups in total. The minimum atomic E-state index is -4.47. The van der Waals surface area contributed by atoms with E-state index in [2.05, 4.69) is 17.0 Å². The Bertz CT molecular complexity index is 846. The lowest BCUT2D eigenvalue weighted by Gasteiger charge is -2.35. The number of carbonyl (C=O) groups excluding carboxylic acids is 1. The summed E-state index contributed by atoms with van der Waals surface area (Å²) in [4.78, 5) is 15.7. The fraction of sp³-hybridized carbons (Fsp3) is 0.556. The van der Waals surface area contributed by atoms with E-state index in [0.717, 1.165) is 47.8 Å². The fourth-order valence-electron chi connectivity index (χ4n) is 4.11. The number of hydrogen-bond acceptors (Lipinski definition) is 5. The Hall–Kier alpha value is -1.87. The first-order chi connectivity index (χ1) is 12.7. The molecule has 0 spiro atoms. The smallest absolute Gasteiger partial charge is 0.433 e. The Morgan fingerprint density at radius 3 is 2.48 bits per heavy atom. The summed E-state index contributed by atoms with van der Waals surface area (Å²) >= 11 is 1.10. The van der Waals surface area contributed by atoms with E-state index in [1.165, 1.54) is 7.05 Å². The Kier molecular flexibility index (Phi) is 4.54. The van der Waals surface area contributed by atoms with Gasteiger partial charge in [-0.25, -0.2) is 4.79 Å². The van der Waals surface area contributed by atoms with Crippen LogP contribution in [0.2, 0.25) is 0 Å². The molecule has 4 rings (SSSR count). The normalized spacial score (nSPS) is 25.7. The SMILES string of the molecule is CN1C2CCC1CC(OC(=O)c1ccc(-c3cc(C(F)(F)F)n(C)n3)s1)C2. The molecule has 2 atom stereocenters. The van der Waals surface area contributed by atoms with Gasteiger partial charge in [0.1, 0.15) is 22.4 Å². The number of aromatic nitrogens is 2. The molecular formula is C18H20F3N3O2S. The van der Waals surface area contributed by atoms with E-state index in [1.54, 1.807) is 12.1 Å². The summed E-state index contributed by atoms with van der Waals surface area (Å²) in [5, 5.41) is 3.92. The summed E-state index contributed by atoms with van der Waals surface area (Å²) < 4.78 is 45.3. The lowest BCUT2D eigenvalue weighted by Crippen LogP contribution is -2.43. The van der Waals surface area contributed by atoms with E-state index >= 15 is 0 Å². The molecule has 27 heavy (non-hydrogen) atoms. The van der Waals surface area contributed by atoms with Crippen molar-refractivity contribution in [2.45, 2.75) is 50.0 Å². The van der Waals surface area contributed by atoms with Crippen LogP contribution < -0.4 is 0 Å². The van der Waals surface area contributed by atoms with E-state index in [1.807, 2.05) is 0 Å². The lowest BCUT2D eigenvalue weighted by molar-refractivity contribution is -0.143. The molecule has 2 bridgehead atoms. The number of carbonyl (C=O) groups is 1. The van der Waals surface area contributed by atoms with Gasteiger partial charge in [0.05, 0.1) is 4.88 Å². The molecule has 0 amide bonds. The van der Waals surface area contributed by atoms with Crippen LogP contribution in [0.1, 0.15) is 41.0 Å². The van der Waals surface area contributed by atoms with E-state index in [9.17, 15) is 18.0 Å². The molecule has 2 aromatic rings. The number of halogens is 3. The third kappa shape index (κ3) is 3.50. The Labute approximate surface area is 158 Å². The van der Waals surface area contributed by atoms with E-state index in [-0.39, 0.29) is 11.8 Å². The summed E-state index contributed by atoms with van der Waals surface area (Å²) in [6, 6.07) is 5.13. The topological polar surface area (TPSA) is 47.4 Å². The first-order valence-electron chi connectivity index (χ1n) is 8.86. The molecule has 0 aromatic carbocycles. The molecule has 2 aliphatic heterocycles. The molecule has 2 aliphatic rings. The zero-order valence-electron chi connectivity index (χ0n) is 15.0. The first-order valence-corrected chi connectivity index (χ1v) is 9.68. The van der Waals surface area contributed by atoms with Crippen molar-refractivity contribution < 1.29 is 22.7 Å². The molecule has 4 heterocycles. The summed E-state index contributed by atoms with van der Waals surface area (Å²) in [5.74, 6) is -0.410. The predicted octanol–water partition coefficient (Wildman–Crippen LogP) is 3.95. The highest BCUT2D eigenvalue weighted by Gasteiger charge is 2.40. The Balaban J connectivity index is 1.46. The number of piperidine rings is 1. The van der Waals surface area contributed by atoms with Crippen molar-refractivity contribution >= 4 is 17.3 Å². The van der Waals surface area contributed by atoms with Gasteiger partial charge in [-0.2, -0.15) is 18.3 Å². The second-order valence-electron chi connectivity index (χ2n) is 7.25. The molecule has 2 fully saturated rings. The number of nitrogens with zero attached hydrogens (tertiary/aromatic N) is 3. The number of fused-ring (bicyclic) bond motifs is 2. The summed E-state index contributed by atoms with van der Waals surface area (Å²) in [6.07, 6.45) is -0.604. The van der Waals surface area contributed by atoms with Crippen LogP contribution in [0.4, 0.5) is 13.2 Å². The molecule has 146 valence electrons. The molecule has 2 unspecified atom stereocenters. The van der Waals surface area contributed by atoms with Crippen LogP contribution in [0.3, 0.4) is 0 Å². The molecule has 0 radical (unpaired) electrons. The van der Waals surface area contributed by atoms with Crippen LogP contribution in [0, 0.1) is 0 Å². The predicted molar refractivity (Wildman–Crippen MR) is 94.5 cm³/mol. The van der Waals surface area contributed by atoms with Gasteiger partial charge in [-0.15, -0.1) is 11.3 Å². The van der Waals surface area contributed by atoms with Gasteiger partial charge in [-0.05, 0) is 38.1 Å². The zero-order valence-corrected chi connectivity index (χ0v) is 15.8. The Morgan fingerprint density at radius 2 is 1.89 bits per heavy atom. The van der Waals surface area contributed by atoms with Crippen molar-refractivity contribution in [3.8, 4) is 10.6 Å². The lowest BCUT2D eigenvalue weighted by atomic mass is 10.0. The van der Waals surface area contributed by atoms with Crippen molar-refractivity contribution in [3.05, 3.63) is 28.8 Å². The molecule has 9 heteroatoms. The van der Waals surface area contributed by atoms with Gasteiger partial charge in [0.2, 0.25) is 0 Å². The number of esters is 1. The maximum atomic E-state index is 12.9. The van der Waals surface area contributed by atoms with Gasteiger partial charge in [0, 0.05) is 32.0 Å². The van der Waals surface area contributed by atoms with Gasteiger partial charge in [0.25, 0.3) is 0 Å². The summed E-state index contributed by atoms with van der Waals surface area (Å²) in [6.45, 7) is 0. The monoisotopic (exact) mass is 399 g/mol. The number of hydrogen-bond donors (Lipinski definition) is 0. The Morgan fingerprint density at radius 1 is 1.22 bits per heavy atom. The largest absolute Gasteiger partial charge is 0.458 e. The van der Waals surface area contributed by atoms with Crippen LogP contribution in [-0.4, -0.2) is 45.9 Å². The van der Waals surface area contributed by atoms with Gasteiger partial charge in [0.15, 0.2) is 0 Å². The standard InChI is InChI=1S/C18H20F3N3O2S/c1-23-10-3-4-11(23)8-12(7-10)26-17(25)15-6-5-14(27-15)13-9-16(18(19,20)21)24(2)22-13/h5-6,9-12H,3-4,7-8H2,1-2H3. The minimum absolute atomic E-state index is 0.0940. The number of rotatable bonds is 3. The van der Waals surface area contributed by atoms with Crippen molar-refractivity contribution in [1.82, 2.24) is 14.7 Å². The van der Waals surface area contributed by atoms with Gasteiger partial charge >= 0.3 is 12.1 Å². The van der Waals surface area contributed by atoms with Crippen LogP contribution in [0.25, 0.3) is 10.6 Å². The van der Waals surface area contributed by atoms with Crippen molar-refractivity contribution in [2.75, 3.05) is 7.05 Å². The highest BCUT2D eigenvalue weighted by Crippen LogP contribution is 2.37. The first kappa shape index (κ1) is 18.5. The van der Waals surface area contributed by atoms with Crippen molar-refractivity contribution in [1.29, 1.82) is 0 Å². The zero-order chi connectivity index (χ0) is 19.3. The van der Waals surface area contributed by atoms with E-state index in [4.69, 9.17) is 4.74 Å². The highest BCUT2D eigenvalue weighted by molar-refractivity contribution is 7.17. The van der Waals surface area contributed by atoms with Crippen molar-refractivity contribution in [3.63, 3.8) is 0 Å². The fourth-order valence-corrected chi connectivity index (χ4v) is 4.95. The highest BCUT2D eigenvalue weighted by atomic mass is 32.1. The average Bonchev–Trinajstić information content (AvgIpc) is 3.25. The second-order valence-corrected chi connectivity index (χ2v) is 8.33. The third-order valence-electron chi connectivity index (χ3n) is 5.56. The molecule has 0 aliphatic carbocycles. The van der Waals surface area contributed by atoms with Gasteiger partial charge < -0.3 is 9.64 Å². The van der Waals surface area contributed by atoms with E-state index < -0.39 is 17.8 Å². The molecule has 0 saturated carbocycles.